The summed E-state index contributed by atoms with van der Waals surface area (Å²) >= 11 is 13.2. The van der Waals surface area contributed by atoms with Crippen molar-refractivity contribution in [3.63, 3.8) is 0 Å². The Morgan fingerprint density at radius 2 is 1.93 bits per heavy atom. The number of aliphatic carboxylic acids is 1. The van der Waals surface area contributed by atoms with E-state index in [4.69, 9.17) is 28.3 Å². The standard InChI is InChI=1S/C19H18Cl2N2O4S/c20-13-6-5-11(8-14(13)21)12(7-10-3-1-2-4-10)17(25)23-19-22-15(9-28-19)16(24)18(26)27/h5-6,8-10,12H,1-4,7H2,(H,26,27)(H,22,23,25). The molecule has 0 bridgehead atoms. The van der Waals surface area contributed by atoms with Crippen LogP contribution in [0.15, 0.2) is 23.6 Å². The van der Waals surface area contributed by atoms with E-state index in [1.54, 1.807) is 18.2 Å². The first-order valence-corrected chi connectivity index (χ1v) is 10.5. The number of anilines is 1. The molecule has 0 saturated heterocycles. The lowest BCUT2D eigenvalue weighted by molar-refractivity contribution is -0.131. The predicted octanol–water partition coefficient (Wildman–Crippen LogP) is 5.02. The molecule has 1 amide bonds. The number of carboxylic acid groups (broad SMARTS) is 1. The minimum Gasteiger partial charge on any atom is -0.475 e. The fourth-order valence-electron chi connectivity index (χ4n) is 3.44. The summed E-state index contributed by atoms with van der Waals surface area (Å²) < 4.78 is 0. The number of halogens is 2. The normalized spacial score (nSPS) is 15.4. The number of rotatable bonds is 7. The van der Waals surface area contributed by atoms with Gasteiger partial charge in [0, 0.05) is 5.38 Å². The van der Waals surface area contributed by atoms with Gasteiger partial charge < -0.3 is 10.4 Å². The maximum Gasteiger partial charge on any atom is 0.378 e. The molecule has 1 unspecified atom stereocenters. The summed E-state index contributed by atoms with van der Waals surface area (Å²) in [5.74, 6) is -2.96. The molecule has 2 N–H and O–H groups in total. The summed E-state index contributed by atoms with van der Waals surface area (Å²) in [7, 11) is 0. The number of nitrogens with one attached hydrogen (secondary N) is 1. The fraction of sp³-hybridized carbons (Fsp3) is 0.368. The highest BCUT2D eigenvalue weighted by atomic mass is 35.5. The largest absolute Gasteiger partial charge is 0.475 e. The zero-order valence-corrected chi connectivity index (χ0v) is 17.1. The van der Waals surface area contributed by atoms with Gasteiger partial charge in [-0.05, 0) is 30.0 Å². The van der Waals surface area contributed by atoms with Crippen LogP contribution in [0.3, 0.4) is 0 Å². The molecule has 1 aliphatic rings. The van der Waals surface area contributed by atoms with Gasteiger partial charge in [-0.15, -0.1) is 11.3 Å². The Balaban J connectivity index is 1.80. The summed E-state index contributed by atoms with van der Waals surface area (Å²) in [4.78, 5) is 39.2. The summed E-state index contributed by atoms with van der Waals surface area (Å²) in [5, 5.41) is 13.8. The number of hydrogen-bond donors (Lipinski definition) is 2. The quantitative estimate of drug-likeness (QED) is 0.465. The Kier molecular flexibility index (Phi) is 6.69. The summed E-state index contributed by atoms with van der Waals surface area (Å²) in [6.07, 6.45) is 5.16. The van der Waals surface area contributed by atoms with Gasteiger partial charge in [0.25, 0.3) is 5.78 Å². The molecular formula is C19H18Cl2N2O4S. The van der Waals surface area contributed by atoms with Crippen molar-refractivity contribution in [2.24, 2.45) is 5.92 Å². The lowest BCUT2D eigenvalue weighted by Gasteiger charge is -2.20. The van der Waals surface area contributed by atoms with Gasteiger partial charge in [-0.3, -0.25) is 9.59 Å². The molecule has 9 heteroatoms. The van der Waals surface area contributed by atoms with E-state index < -0.39 is 17.7 Å². The van der Waals surface area contributed by atoms with Crippen LogP contribution in [-0.2, 0) is 9.59 Å². The van der Waals surface area contributed by atoms with E-state index in [1.807, 2.05) is 0 Å². The number of Topliss-reactive ketones (excluding diaryl/α,β-unsaturated/α-hetero) is 1. The van der Waals surface area contributed by atoms with Gasteiger partial charge in [0.05, 0.1) is 16.0 Å². The summed E-state index contributed by atoms with van der Waals surface area (Å²) in [6.45, 7) is 0. The van der Waals surface area contributed by atoms with Gasteiger partial charge in [-0.1, -0.05) is 55.0 Å². The number of carbonyl (C=O) groups is 3. The van der Waals surface area contributed by atoms with E-state index in [1.165, 1.54) is 5.38 Å². The Labute approximate surface area is 175 Å². The van der Waals surface area contributed by atoms with Crippen LogP contribution in [0.5, 0.6) is 0 Å². The second-order valence-corrected chi connectivity index (χ2v) is 8.45. The highest BCUT2D eigenvalue weighted by molar-refractivity contribution is 7.14. The third-order valence-corrected chi connectivity index (χ3v) is 6.36. The van der Waals surface area contributed by atoms with Crippen molar-refractivity contribution in [3.8, 4) is 0 Å². The van der Waals surface area contributed by atoms with E-state index in [9.17, 15) is 14.4 Å². The van der Waals surface area contributed by atoms with Gasteiger partial charge in [-0.25, -0.2) is 9.78 Å². The zero-order chi connectivity index (χ0) is 20.3. The molecule has 28 heavy (non-hydrogen) atoms. The second kappa shape index (κ2) is 9.03. The van der Waals surface area contributed by atoms with Crippen molar-refractivity contribution in [3.05, 3.63) is 44.9 Å². The number of nitrogens with zero attached hydrogens (tertiary/aromatic N) is 1. The molecule has 6 nitrogen and oxygen atoms in total. The summed E-state index contributed by atoms with van der Waals surface area (Å²) in [5.41, 5.74) is 0.562. The molecule has 1 aliphatic carbocycles. The number of thiazole rings is 1. The fourth-order valence-corrected chi connectivity index (χ4v) is 4.44. The monoisotopic (exact) mass is 440 g/mol. The van der Waals surface area contributed by atoms with Gasteiger partial charge >= 0.3 is 5.97 Å². The number of carboxylic acids is 1. The van der Waals surface area contributed by atoms with Crippen LogP contribution in [0.4, 0.5) is 5.13 Å². The average molecular weight is 441 g/mol. The molecule has 148 valence electrons. The van der Waals surface area contributed by atoms with E-state index in [-0.39, 0.29) is 16.7 Å². The van der Waals surface area contributed by atoms with Crippen molar-refractivity contribution >= 4 is 57.3 Å². The van der Waals surface area contributed by atoms with Crippen molar-refractivity contribution < 1.29 is 19.5 Å². The third-order valence-electron chi connectivity index (χ3n) is 4.87. The Morgan fingerprint density at radius 3 is 2.57 bits per heavy atom. The molecule has 3 rings (SSSR count). The van der Waals surface area contributed by atoms with E-state index in [2.05, 4.69) is 10.3 Å². The van der Waals surface area contributed by atoms with Crippen molar-refractivity contribution in [2.45, 2.75) is 38.0 Å². The van der Waals surface area contributed by atoms with Crippen LogP contribution in [0, 0.1) is 5.92 Å². The predicted molar refractivity (Wildman–Crippen MR) is 108 cm³/mol. The molecule has 1 fully saturated rings. The third kappa shape index (κ3) is 4.90. The number of benzene rings is 1. The highest BCUT2D eigenvalue weighted by Crippen LogP contribution is 2.36. The molecule has 1 heterocycles. The Morgan fingerprint density at radius 1 is 1.21 bits per heavy atom. The molecule has 1 aromatic carbocycles. The molecule has 0 radical (unpaired) electrons. The first kappa shape index (κ1) is 20.8. The lowest BCUT2D eigenvalue weighted by Crippen LogP contribution is -2.23. The Bertz CT molecular complexity index is 909. The number of ketones is 1. The van der Waals surface area contributed by atoms with Crippen LogP contribution in [-0.4, -0.2) is 27.8 Å². The first-order valence-electron chi connectivity index (χ1n) is 8.84. The maximum atomic E-state index is 13.0. The molecule has 2 aromatic rings. The van der Waals surface area contributed by atoms with Crippen molar-refractivity contribution in [1.29, 1.82) is 0 Å². The smallest absolute Gasteiger partial charge is 0.378 e. The van der Waals surface area contributed by atoms with E-state index in [0.717, 1.165) is 42.6 Å². The summed E-state index contributed by atoms with van der Waals surface area (Å²) in [6, 6.07) is 5.15. The van der Waals surface area contributed by atoms with Crippen LogP contribution in [0.2, 0.25) is 10.0 Å². The molecule has 0 spiro atoms. The molecule has 1 aromatic heterocycles. The zero-order valence-electron chi connectivity index (χ0n) is 14.8. The van der Waals surface area contributed by atoms with Gasteiger partial charge in [-0.2, -0.15) is 0 Å². The Hall–Kier alpha value is -1.96. The van der Waals surface area contributed by atoms with Gasteiger partial charge in [0.2, 0.25) is 5.91 Å². The lowest BCUT2D eigenvalue weighted by atomic mass is 9.87. The van der Waals surface area contributed by atoms with Crippen LogP contribution >= 0.6 is 34.5 Å². The van der Waals surface area contributed by atoms with Crippen LogP contribution in [0.25, 0.3) is 0 Å². The van der Waals surface area contributed by atoms with Crippen molar-refractivity contribution in [1.82, 2.24) is 4.98 Å². The van der Waals surface area contributed by atoms with Gasteiger partial charge in [0.1, 0.15) is 5.69 Å². The first-order chi connectivity index (χ1) is 13.3. The van der Waals surface area contributed by atoms with Gasteiger partial charge in [0.15, 0.2) is 5.13 Å². The van der Waals surface area contributed by atoms with Crippen LogP contribution in [0.1, 0.15) is 54.1 Å². The molecule has 1 atom stereocenters. The van der Waals surface area contributed by atoms with E-state index >= 15 is 0 Å². The SMILES string of the molecule is O=C(O)C(=O)c1csc(NC(=O)C(CC2CCCC2)c2ccc(Cl)c(Cl)c2)n1. The maximum absolute atomic E-state index is 13.0. The number of amides is 1. The number of carbonyl (C=O) groups excluding carboxylic acids is 2. The van der Waals surface area contributed by atoms with Crippen LogP contribution < -0.4 is 5.32 Å². The number of aromatic nitrogens is 1. The second-order valence-electron chi connectivity index (χ2n) is 6.77. The minimum absolute atomic E-state index is 0.186. The molecule has 1 saturated carbocycles. The van der Waals surface area contributed by atoms with E-state index in [0.29, 0.717) is 22.4 Å². The molecular weight excluding hydrogens is 423 g/mol. The average Bonchev–Trinajstić information content (AvgIpc) is 3.33. The van der Waals surface area contributed by atoms with Crippen molar-refractivity contribution in [2.75, 3.05) is 5.32 Å². The molecule has 0 aliphatic heterocycles. The topological polar surface area (TPSA) is 96.4 Å². The number of hydrogen-bond acceptors (Lipinski definition) is 5. The minimum atomic E-state index is -1.59. The highest BCUT2D eigenvalue weighted by Gasteiger charge is 2.28.